The Kier molecular flexibility index (Phi) is 7.88. The molecule has 0 aliphatic heterocycles. The number of benzene rings is 2. The van der Waals surface area contributed by atoms with Gasteiger partial charge in [-0.2, -0.15) is 0 Å². The zero-order chi connectivity index (χ0) is 18.1. The van der Waals surface area contributed by atoms with Gasteiger partial charge < -0.3 is 9.80 Å². The van der Waals surface area contributed by atoms with Gasteiger partial charge in [0, 0.05) is 0 Å². The van der Waals surface area contributed by atoms with Crippen LogP contribution in [0, 0.1) is 0 Å². The van der Waals surface area contributed by atoms with Crippen molar-refractivity contribution in [2.45, 2.75) is 24.9 Å². The zero-order valence-electron chi connectivity index (χ0n) is 16.4. The summed E-state index contributed by atoms with van der Waals surface area (Å²) in [7, 11) is 6.99. The summed E-state index contributed by atoms with van der Waals surface area (Å²) in [5, 5.41) is 3.19. The summed E-state index contributed by atoms with van der Waals surface area (Å²) in [4.78, 5) is 4.63. The molecule has 0 spiro atoms. The first kappa shape index (κ1) is 19.9. The van der Waals surface area contributed by atoms with Gasteiger partial charge in [-0.15, -0.1) is 0 Å². The highest BCUT2D eigenvalue weighted by atomic mass is 28.3. The van der Waals surface area contributed by atoms with E-state index in [4.69, 9.17) is 0 Å². The van der Waals surface area contributed by atoms with E-state index in [1.54, 1.807) is 10.4 Å². The predicted octanol–water partition coefficient (Wildman–Crippen LogP) is 3.15. The molecule has 0 fully saturated rings. The van der Waals surface area contributed by atoms with Crippen molar-refractivity contribution in [1.29, 1.82) is 0 Å². The fourth-order valence-electron chi connectivity index (χ4n) is 3.78. The van der Waals surface area contributed by atoms with Crippen molar-refractivity contribution >= 4 is 18.4 Å². The summed E-state index contributed by atoms with van der Waals surface area (Å²) in [5.74, 6) is 0. The number of hydrogen-bond donors (Lipinski definition) is 0. The van der Waals surface area contributed by atoms with Gasteiger partial charge >= 0.3 is 0 Å². The van der Waals surface area contributed by atoms with Crippen LogP contribution in [0.3, 0.4) is 0 Å². The van der Waals surface area contributed by atoms with Crippen LogP contribution < -0.4 is 10.4 Å². The van der Waals surface area contributed by atoms with Gasteiger partial charge in [-0.1, -0.05) is 71.0 Å². The molecule has 0 saturated carbocycles. The zero-order valence-corrected chi connectivity index (χ0v) is 17.4. The van der Waals surface area contributed by atoms with Crippen molar-refractivity contribution in [3.05, 3.63) is 60.7 Å². The summed E-state index contributed by atoms with van der Waals surface area (Å²) in [6.07, 6.45) is 2.54. The van der Waals surface area contributed by atoms with E-state index in [9.17, 15) is 0 Å². The van der Waals surface area contributed by atoms with E-state index in [1.165, 1.54) is 38.0 Å². The predicted molar refractivity (Wildman–Crippen MR) is 114 cm³/mol. The molecule has 0 unspecified atom stereocenters. The van der Waals surface area contributed by atoms with Gasteiger partial charge in [-0.05, 0) is 66.2 Å². The van der Waals surface area contributed by atoms with Crippen LogP contribution in [0.2, 0.25) is 12.1 Å². The van der Waals surface area contributed by atoms with E-state index >= 15 is 0 Å². The number of rotatable bonds is 10. The van der Waals surface area contributed by atoms with Crippen LogP contribution in [0.15, 0.2) is 60.7 Å². The third-order valence-corrected chi connectivity index (χ3v) is 10.4. The Labute approximate surface area is 155 Å². The molecule has 0 heterocycles. The molecule has 2 aromatic rings. The van der Waals surface area contributed by atoms with Crippen LogP contribution in [0.25, 0.3) is 0 Å². The van der Waals surface area contributed by atoms with Crippen molar-refractivity contribution in [3.8, 4) is 0 Å². The van der Waals surface area contributed by atoms with E-state index < -0.39 is 8.07 Å². The minimum absolute atomic E-state index is 1.17. The normalized spacial score (nSPS) is 12.1. The summed E-state index contributed by atoms with van der Waals surface area (Å²) in [6.45, 7) is 2.34. The van der Waals surface area contributed by atoms with Gasteiger partial charge in [0.25, 0.3) is 0 Å². The minimum atomic E-state index is -1.73. The highest BCUT2D eigenvalue weighted by Crippen LogP contribution is 2.21. The second-order valence-corrected chi connectivity index (χ2v) is 11.9. The lowest BCUT2D eigenvalue weighted by Gasteiger charge is -2.34. The Morgan fingerprint density at radius 3 is 1.28 bits per heavy atom. The molecule has 2 aromatic carbocycles. The molecule has 0 aliphatic rings. The first-order valence-electron chi connectivity index (χ1n) is 9.45. The van der Waals surface area contributed by atoms with Crippen LogP contribution >= 0.6 is 0 Å². The van der Waals surface area contributed by atoms with Gasteiger partial charge in [0.2, 0.25) is 0 Å². The van der Waals surface area contributed by atoms with E-state index in [0.29, 0.717) is 0 Å². The Balaban J connectivity index is 2.37. The molecular formula is C22H34N2Si. The van der Waals surface area contributed by atoms with Gasteiger partial charge in [-0.3, -0.25) is 0 Å². The van der Waals surface area contributed by atoms with Crippen LogP contribution in [0.1, 0.15) is 12.8 Å². The van der Waals surface area contributed by atoms with Gasteiger partial charge in [-0.25, -0.2) is 0 Å². The van der Waals surface area contributed by atoms with Crippen molar-refractivity contribution in [2.75, 3.05) is 41.3 Å². The average molecular weight is 355 g/mol. The Morgan fingerprint density at radius 2 is 0.960 bits per heavy atom. The topological polar surface area (TPSA) is 6.48 Å². The maximum absolute atomic E-state index is 2.38. The highest BCUT2D eigenvalue weighted by molar-refractivity contribution is 7.02. The second-order valence-electron chi connectivity index (χ2n) is 7.63. The van der Waals surface area contributed by atoms with Crippen LogP contribution in [-0.2, 0) is 0 Å². The molecule has 0 aliphatic carbocycles. The molecule has 2 rings (SSSR count). The van der Waals surface area contributed by atoms with Crippen LogP contribution in [0.4, 0.5) is 0 Å². The molecule has 136 valence electrons. The lowest BCUT2D eigenvalue weighted by molar-refractivity contribution is 0.404. The standard InChI is InChI=1S/C22H34N2Si/c1-23(2)17-11-19-25(20-12-18-24(3)4,21-13-7-5-8-14-21)22-15-9-6-10-16-22/h5-10,13-16H,11-12,17-20H2,1-4H3. The third kappa shape index (κ3) is 5.81. The van der Waals surface area contributed by atoms with Crippen molar-refractivity contribution < 1.29 is 0 Å². The lowest BCUT2D eigenvalue weighted by Crippen LogP contribution is -2.58. The lowest BCUT2D eigenvalue weighted by atomic mass is 10.4. The highest BCUT2D eigenvalue weighted by Gasteiger charge is 2.35. The molecule has 2 nitrogen and oxygen atoms in total. The molecule has 0 aromatic heterocycles. The maximum Gasteiger partial charge on any atom is 0.118 e. The Morgan fingerprint density at radius 1 is 0.600 bits per heavy atom. The Hall–Kier alpha value is -1.42. The molecule has 3 heteroatoms. The number of hydrogen-bond acceptors (Lipinski definition) is 2. The minimum Gasteiger partial charge on any atom is -0.309 e. The molecule has 0 N–H and O–H groups in total. The summed E-state index contributed by atoms with van der Waals surface area (Å²) < 4.78 is 0. The molecule has 0 atom stereocenters. The first-order chi connectivity index (χ1) is 12.0. The molecule has 0 amide bonds. The quantitative estimate of drug-likeness (QED) is 0.605. The van der Waals surface area contributed by atoms with Crippen LogP contribution in [0.5, 0.6) is 0 Å². The summed E-state index contributed by atoms with van der Waals surface area (Å²) >= 11 is 0. The van der Waals surface area contributed by atoms with Crippen molar-refractivity contribution in [3.63, 3.8) is 0 Å². The first-order valence-corrected chi connectivity index (χ1v) is 11.9. The van der Waals surface area contributed by atoms with E-state index in [2.05, 4.69) is 98.7 Å². The van der Waals surface area contributed by atoms with E-state index in [1.807, 2.05) is 0 Å². The SMILES string of the molecule is CN(C)CCC[Si](CCCN(C)C)(c1ccccc1)c1ccccc1. The molecule has 0 bridgehead atoms. The third-order valence-electron chi connectivity index (χ3n) is 5.07. The van der Waals surface area contributed by atoms with Crippen molar-refractivity contribution in [1.82, 2.24) is 9.80 Å². The molecule has 25 heavy (non-hydrogen) atoms. The second kappa shape index (κ2) is 9.90. The monoisotopic (exact) mass is 354 g/mol. The molecular weight excluding hydrogens is 320 g/mol. The van der Waals surface area contributed by atoms with Gasteiger partial charge in [0.05, 0.1) is 0 Å². The van der Waals surface area contributed by atoms with Crippen LogP contribution in [-0.4, -0.2) is 59.2 Å². The maximum atomic E-state index is 2.38. The van der Waals surface area contributed by atoms with Gasteiger partial charge in [0.1, 0.15) is 8.07 Å². The Bertz CT molecular complexity index is 540. The fraction of sp³-hybridized carbons (Fsp3) is 0.455. The summed E-state index contributed by atoms with van der Waals surface area (Å²) in [6, 6.07) is 25.3. The van der Waals surface area contributed by atoms with E-state index in [-0.39, 0.29) is 0 Å². The summed E-state index contributed by atoms with van der Waals surface area (Å²) in [5.41, 5.74) is 0. The number of nitrogens with zero attached hydrogens (tertiary/aromatic N) is 2. The fourth-order valence-corrected chi connectivity index (χ4v) is 8.70. The average Bonchev–Trinajstić information content (AvgIpc) is 2.61. The van der Waals surface area contributed by atoms with E-state index in [0.717, 1.165) is 0 Å². The van der Waals surface area contributed by atoms with Crippen molar-refractivity contribution in [2.24, 2.45) is 0 Å². The largest absolute Gasteiger partial charge is 0.309 e. The smallest absolute Gasteiger partial charge is 0.118 e. The van der Waals surface area contributed by atoms with Gasteiger partial charge in [0.15, 0.2) is 0 Å². The molecule has 0 saturated heterocycles. The molecule has 0 radical (unpaired) electrons.